The molecule has 2 N–H and O–H groups in total. The molecule has 4 nitrogen and oxygen atoms in total. The third-order valence-electron chi connectivity index (χ3n) is 3.27. The number of rotatable bonds is 6. The third kappa shape index (κ3) is 4.10. The lowest BCUT2D eigenvalue weighted by molar-refractivity contribution is -0.123. The van der Waals surface area contributed by atoms with Gasteiger partial charge in [-0.1, -0.05) is 12.8 Å². The first-order chi connectivity index (χ1) is 7.57. The second-order valence-electron chi connectivity index (χ2n) is 4.92. The molecule has 0 radical (unpaired) electrons. The molecule has 0 aromatic carbocycles. The lowest BCUT2D eigenvalue weighted by Crippen LogP contribution is -2.52. The van der Waals surface area contributed by atoms with Crippen molar-refractivity contribution in [3.63, 3.8) is 0 Å². The zero-order valence-electron chi connectivity index (χ0n) is 10.6. The average Bonchev–Trinajstić information content (AvgIpc) is 2.65. The van der Waals surface area contributed by atoms with Crippen molar-refractivity contribution in [1.82, 2.24) is 10.6 Å². The molecule has 0 aromatic rings. The van der Waals surface area contributed by atoms with E-state index >= 15 is 0 Å². The largest absolute Gasteiger partial charge is 0.383 e. The Balaban J connectivity index is 2.27. The van der Waals surface area contributed by atoms with Crippen LogP contribution in [0.1, 0.15) is 39.5 Å². The van der Waals surface area contributed by atoms with E-state index in [4.69, 9.17) is 4.74 Å². The Morgan fingerprint density at radius 3 is 2.62 bits per heavy atom. The summed E-state index contributed by atoms with van der Waals surface area (Å²) in [6.07, 6.45) is 4.87. The monoisotopic (exact) mass is 228 g/mol. The van der Waals surface area contributed by atoms with Crippen LogP contribution in [0.25, 0.3) is 0 Å². The first-order valence-corrected chi connectivity index (χ1v) is 6.12. The molecule has 1 atom stereocenters. The minimum absolute atomic E-state index is 0.0603. The number of amides is 1. The molecule has 0 saturated heterocycles. The molecule has 94 valence electrons. The number of carbonyl (C=O) groups is 1. The normalized spacial score (nSPS) is 20.7. The topological polar surface area (TPSA) is 50.4 Å². The Hall–Kier alpha value is -0.610. The Kier molecular flexibility index (Phi) is 5.22. The van der Waals surface area contributed by atoms with Crippen LogP contribution in [0.4, 0.5) is 0 Å². The molecule has 1 aliphatic rings. The van der Waals surface area contributed by atoms with Crippen molar-refractivity contribution < 1.29 is 9.53 Å². The summed E-state index contributed by atoms with van der Waals surface area (Å²) < 4.78 is 4.89. The van der Waals surface area contributed by atoms with Gasteiger partial charge in [0.25, 0.3) is 0 Å². The lowest BCUT2D eigenvalue weighted by atomic mass is 9.99. The molecule has 1 fully saturated rings. The van der Waals surface area contributed by atoms with Gasteiger partial charge in [-0.3, -0.25) is 4.79 Å². The van der Waals surface area contributed by atoms with E-state index in [0.29, 0.717) is 13.2 Å². The Bertz CT molecular complexity index is 225. The van der Waals surface area contributed by atoms with Gasteiger partial charge in [0.15, 0.2) is 0 Å². The van der Waals surface area contributed by atoms with Crippen LogP contribution >= 0.6 is 0 Å². The van der Waals surface area contributed by atoms with Crippen molar-refractivity contribution in [2.75, 3.05) is 20.3 Å². The van der Waals surface area contributed by atoms with Crippen molar-refractivity contribution in [1.29, 1.82) is 0 Å². The van der Waals surface area contributed by atoms with Crippen LogP contribution in [-0.4, -0.2) is 37.7 Å². The van der Waals surface area contributed by atoms with Crippen LogP contribution in [0.3, 0.4) is 0 Å². The van der Waals surface area contributed by atoms with Gasteiger partial charge in [0.05, 0.1) is 12.6 Å². The van der Waals surface area contributed by atoms with E-state index in [1.54, 1.807) is 7.11 Å². The molecule has 0 aliphatic heterocycles. The highest BCUT2D eigenvalue weighted by Gasteiger charge is 2.31. The highest BCUT2D eigenvalue weighted by Crippen LogP contribution is 2.29. The summed E-state index contributed by atoms with van der Waals surface area (Å²) in [6.45, 7) is 5.28. The van der Waals surface area contributed by atoms with Gasteiger partial charge in [0, 0.05) is 19.2 Å². The van der Waals surface area contributed by atoms with Crippen LogP contribution < -0.4 is 10.6 Å². The number of hydrogen-bond donors (Lipinski definition) is 2. The number of carbonyl (C=O) groups excluding carboxylic acids is 1. The highest BCUT2D eigenvalue weighted by atomic mass is 16.5. The van der Waals surface area contributed by atoms with Gasteiger partial charge in [-0.15, -0.1) is 0 Å². The van der Waals surface area contributed by atoms with Gasteiger partial charge in [-0.05, 0) is 26.7 Å². The van der Waals surface area contributed by atoms with E-state index in [0.717, 1.165) is 0 Å². The highest BCUT2D eigenvalue weighted by molar-refractivity contribution is 5.81. The summed E-state index contributed by atoms with van der Waals surface area (Å²) >= 11 is 0. The maximum atomic E-state index is 11.7. The lowest BCUT2D eigenvalue weighted by Gasteiger charge is -2.29. The smallest absolute Gasteiger partial charge is 0.236 e. The predicted octanol–water partition coefficient (Wildman–Crippen LogP) is 1.06. The van der Waals surface area contributed by atoms with Crippen molar-refractivity contribution in [2.45, 2.75) is 51.1 Å². The molecule has 1 saturated carbocycles. The summed E-state index contributed by atoms with van der Waals surface area (Å²) in [5.74, 6) is 0.0603. The number of ether oxygens (including phenoxy) is 1. The van der Waals surface area contributed by atoms with Crippen molar-refractivity contribution in [3.8, 4) is 0 Å². The maximum absolute atomic E-state index is 11.7. The van der Waals surface area contributed by atoms with Gasteiger partial charge in [0.1, 0.15) is 0 Å². The first-order valence-electron chi connectivity index (χ1n) is 6.12. The Labute approximate surface area is 98.1 Å². The van der Waals surface area contributed by atoms with Gasteiger partial charge in [-0.25, -0.2) is 0 Å². The fourth-order valence-corrected chi connectivity index (χ4v) is 2.32. The van der Waals surface area contributed by atoms with E-state index in [1.165, 1.54) is 25.7 Å². The quantitative estimate of drug-likeness (QED) is 0.668. The third-order valence-corrected chi connectivity index (χ3v) is 3.27. The summed E-state index contributed by atoms with van der Waals surface area (Å²) in [7, 11) is 1.63. The van der Waals surface area contributed by atoms with Crippen molar-refractivity contribution in [2.24, 2.45) is 0 Å². The Morgan fingerprint density at radius 2 is 2.06 bits per heavy atom. The number of nitrogens with one attached hydrogen (secondary N) is 2. The molecule has 1 aliphatic carbocycles. The van der Waals surface area contributed by atoms with Gasteiger partial charge < -0.3 is 15.4 Å². The van der Waals surface area contributed by atoms with E-state index in [2.05, 4.69) is 17.6 Å². The van der Waals surface area contributed by atoms with Gasteiger partial charge in [0.2, 0.25) is 5.91 Å². The maximum Gasteiger partial charge on any atom is 0.236 e. The summed E-state index contributed by atoms with van der Waals surface area (Å²) in [5.41, 5.74) is 0.151. The van der Waals surface area contributed by atoms with Gasteiger partial charge in [-0.2, -0.15) is 0 Å². The minimum Gasteiger partial charge on any atom is -0.383 e. The molecule has 1 unspecified atom stereocenters. The minimum atomic E-state index is -0.125. The fourth-order valence-electron chi connectivity index (χ4n) is 2.32. The van der Waals surface area contributed by atoms with E-state index in [9.17, 15) is 4.79 Å². The predicted molar refractivity (Wildman–Crippen MR) is 64.4 cm³/mol. The van der Waals surface area contributed by atoms with Crippen molar-refractivity contribution >= 4 is 5.91 Å². The van der Waals surface area contributed by atoms with E-state index in [1.807, 2.05) is 6.92 Å². The summed E-state index contributed by atoms with van der Waals surface area (Å²) in [4.78, 5) is 11.7. The zero-order valence-corrected chi connectivity index (χ0v) is 10.6. The molecule has 1 amide bonds. The second-order valence-corrected chi connectivity index (χ2v) is 4.92. The molecular weight excluding hydrogens is 204 g/mol. The van der Waals surface area contributed by atoms with Crippen LogP contribution in [-0.2, 0) is 9.53 Å². The molecular formula is C12H24N2O2. The first kappa shape index (κ1) is 13.5. The molecule has 0 heterocycles. The van der Waals surface area contributed by atoms with Crippen molar-refractivity contribution in [3.05, 3.63) is 0 Å². The molecule has 0 spiro atoms. The van der Waals surface area contributed by atoms with Crippen LogP contribution in [0.5, 0.6) is 0 Å². The van der Waals surface area contributed by atoms with Crippen LogP contribution in [0.2, 0.25) is 0 Å². The summed E-state index contributed by atoms with van der Waals surface area (Å²) in [5, 5.41) is 6.28. The second kappa shape index (κ2) is 6.21. The molecule has 1 rings (SSSR count). The van der Waals surface area contributed by atoms with E-state index in [-0.39, 0.29) is 17.5 Å². The standard InChI is InChI=1S/C12H24N2O2/c1-10(11(15)13-8-9-16-3)14-12(2)6-4-5-7-12/h10,14H,4-9H2,1-3H3,(H,13,15). The number of methoxy groups -OCH3 is 1. The molecule has 4 heteroatoms. The average molecular weight is 228 g/mol. The molecule has 0 bridgehead atoms. The van der Waals surface area contributed by atoms with Crippen LogP contribution in [0.15, 0.2) is 0 Å². The van der Waals surface area contributed by atoms with Crippen LogP contribution in [0, 0.1) is 0 Å². The van der Waals surface area contributed by atoms with Gasteiger partial charge >= 0.3 is 0 Å². The number of hydrogen-bond acceptors (Lipinski definition) is 3. The zero-order chi connectivity index (χ0) is 12.0. The fraction of sp³-hybridized carbons (Fsp3) is 0.917. The summed E-state index contributed by atoms with van der Waals surface area (Å²) in [6, 6.07) is -0.125. The Morgan fingerprint density at radius 1 is 1.44 bits per heavy atom. The molecule has 0 aromatic heterocycles. The SMILES string of the molecule is COCCNC(=O)C(C)NC1(C)CCCC1. The molecule has 16 heavy (non-hydrogen) atoms. The van der Waals surface area contributed by atoms with E-state index < -0.39 is 0 Å².